The van der Waals surface area contributed by atoms with Gasteiger partial charge in [-0.3, -0.25) is 0 Å². The monoisotopic (exact) mass is 402 g/mol. The van der Waals surface area contributed by atoms with Crippen molar-refractivity contribution in [1.82, 2.24) is 4.31 Å². The molecular formula is C10H12BrClN2O2S3. The molecule has 2 heterocycles. The highest BCUT2D eigenvalue weighted by Gasteiger charge is 2.32. The molecule has 1 fully saturated rings. The number of thiocarbonyl (C=S) groups is 1. The average molecular weight is 404 g/mol. The first-order chi connectivity index (χ1) is 8.82. The SMILES string of the molecule is NC(=S)C1CCCN(S(=O)(=O)c2cc(Cl)c(Br)s2)C1. The Balaban J connectivity index is 2.26. The molecule has 4 nitrogen and oxygen atoms in total. The summed E-state index contributed by atoms with van der Waals surface area (Å²) in [5.74, 6) is -0.0441. The average Bonchev–Trinajstić information content (AvgIpc) is 2.70. The number of hydrogen-bond donors (Lipinski definition) is 1. The molecule has 1 unspecified atom stereocenters. The van der Waals surface area contributed by atoms with Crippen molar-refractivity contribution in [2.45, 2.75) is 17.1 Å². The molecule has 0 radical (unpaired) electrons. The molecule has 106 valence electrons. The molecule has 1 saturated heterocycles. The van der Waals surface area contributed by atoms with Crippen molar-refractivity contribution in [3.63, 3.8) is 0 Å². The summed E-state index contributed by atoms with van der Waals surface area (Å²) in [5, 5.41) is 0.409. The van der Waals surface area contributed by atoms with Crippen molar-refractivity contribution in [3.05, 3.63) is 14.9 Å². The third kappa shape index (κ3) is 3.30. The predicted octanol–water partition coefficient (Wildman–Crippen LogP) is 2.85. The van der Waals surface area contributed by atoms with E-state index < -0.39 is 10.0 Å². The zero-order valence-electron chi connectivity index (χ0n) is 9.80. The van der Waals surface area contributed by atoms with Crippen molar-refractivity contribution in [2.75, 3.05) is 13.1 Å². The summed E-state index contributed by atoms with van der Waals surface area (Å²) in [4.78, 5) is 0.380. The Bertz CT molecular complexity index is 582. The second-order valence-corrected chi connectivity index (χ2v) is 9.71. The maximum atomic E-state index is 12.5. The number of nitrogens with zero attached hydrogens (tertiary/aromatic N) is 1. The van der Waals surface area contributed by atoms with Gasteiger partial charge in [0.15, 0.2) is 0 Å². The summed E-state index contributed by atoms with van der Waals surface area (Å²) in [6.07, 6.45) is 1.61. The minimum atomic E-state index is -3.51. The Morgan fingerprint density at radius 3 is 2.84 bits per heavy atom. The van der Waals surface area contributed by atoms with Crippen molar-refractivity contribution >= 4 is 66.1 Å². The van der Waals surface area contributed by atoms with Crippen LogP contribution in [-0.4, -0.2) is 30.8 Å². The molecule has 1 atom stereocenters. The molecule has 0 bridgehead atoms. The maximum Gasteiger partial charge on any atom is 0.252 e. The van der Waals surface area contributed by atoms with Gasteiger partial charge in [0.05, 0.1) is 13.8 Å². The van der Waals surface area contributed by atoms with Gasteiger partial charge in [0.25, 0.3) is 10.0 Å². The van der Waals surface area contributed by atoms with Gasteiger partial charge in [0, 0.05) is 19.0 Å². The highest BCUT2D eigenvalue weighted by molar-refractivity contribution is 9.11. The number of sulfonamides is 1. The first kappa shape index (κ1) is 15.7. The van der Waals surface area contributed by atoms with E-state index in [2.05, 4.69) is 15.9 Å². The third-order valence-electron chi connectivity index (χ3n) is 3.00. The first-order valence-electron chi connectivity index (χ1n) is 5.56. The molecule has 19 heavy (non-hydrogen) atoms. The molecule has 1 aromatic heterocycles. The van der Waals surface area contributed by atoms with E-state index in [0.717, 1.165) is 24.2 Å². The van der Waals surface area contributed by atoms with Crippen molar-refractivity contribution in [3.8, 4) is 0 Å². The van der Waals surface area contributed by atoms with Crippen molar-refractivity contribution in [2.24, 2.45) is 11.7 Å². The van der Waals surface area contributed by atoms with Crippen LogP contribution in [0.2, 0.25) is 5.02 Å². The Morgan fingerprint density at radius 2 is 2.32 bits per heavy atom. The Labute approximate surface area is 135 Å². The second kappa shape index (κ2) is 5.95. The zero-order valence-corrected chi connectivity index (χ0v) is 14.6. The van der Waals surface area contributed by atoms with Crippen LogP contribution in [0.4, 0.5) is 0 Å². The van der Waals surface area contributed by atoms with E-state index in [1.807, 2.05) is 0 Å². The zero-order chi connectivity index (χ0) is 14.2. The van der Waals surface area contributed by atoms with E-state index in [1.54, 1.807) is 0 Å². The van der Waals surface area contributed by atoms with Gasteiger partial charge < -0.3 is 5.73 Å². The Morgan fingerprint density at radius 1 is 1.63 bits per heavy atom. The van der Waals surface area contributed by atoms with Crippen LogP contribution < -0.4 is 5.73 Å². The minimum absolute atomic E-state index is 0.0441. The molecular weight excluding hydrogens is 392 g/mol. The van der Waals surface area contributed by atoms with Gasteiger partial charge in [-0.05, 0) is 34.8 Å². The van der Waals surface area contributed by atoms with E-state index in [9.17, 15) is 8.42 Å². The lowest BCUT2D eigenvalue weighted by atomic mass is 10.0. The summed E-state index contributed by atoms with van der Waals surface area (Å²) in [5.41, 5.74) is 5.62. The summed E-state index contributed by atoms with van der Waals surface area (Å²) in [6, 6.07) is 1.47. The van der Waals surface area contributed by atoms with Crippen molar-refractivity contribution < 1.29 is 8.42 Å². The first-order valence-corrected chi connectivity index (χ1v) is 9.40. The van der Waals surface area contributed by atoms with Gasteiger partial charge >= 0.3 is 0 Å². The van der Waals surface area contributed by atoms with E-state index in [-0.39, 0.29) is 10.1 Å². The molecule has 2 N–H and O–H groups in total. The third-order valence-corrected chi connectivity index (χ3v) is 8.13. The van der Waals surface area contributed by atoms with Crippen LogP contribution in [-0.2, 0) is 10.0 Å². The largest absolute Gasteiger partial charge is 0.393 e. The number of thiophene rings is 1. The lowest BCUT2D eigenvalue weighted by molar-refractivity contribution is 0.313. The van der Waals surface area contributed by atoms with E-state index in [1.165, 1.54) is 10.4 Å². The highest BCUT2D eigenvalue weighted by atomic mass is 79.9. The normalized spacial score (nSPS) is 21.5. The topological polar surface area (TPSA) is 63.4 Å². The molecule has 0 aromatic carbocycles. The van der Waals surface area contributed by atoms with E-state index >= 15 is 0 Å². The number of hydrogen-bond acceptors (Lipinski definition) is 4. The molecule has 1 aliphatic heterocycles. The van der Waals surface area contributed by atoms with Gasteiger partial charge in [0.2, 0.25) is 0 Å². The van der Waals surface area contributed by atoms with Crippen LogP contribution in [0.1, 0.15) is 12.8 Å². The summed E-state index contributed by atoms with van der Waals surface area (Å²) >= 11 is 15.2. The van der Waals surface area contributed by atoms with Gasteiger partial charge in [-0.15, -0.1) is 11.3 Å². The van der Waals surface area contributed by atoms with Crippen LogP contribution in [0.3, 0.4) is 0 Å². The van der Waals surface area contributed by atoms with Gasteiger partial charge in [0.1, 0.15) is 4.21 Å². The molecule has 0 saturated carbocycles. The van der Waals surface area contributed by atoms with Crippen LogP contribution in [0.25, 0.3) is 0 Å². The summed E-state index contributed by atoms with van der Waals surface area (Å²) in [7, 11) is -3.51. The van der Waals surface area contributed by atoms with Crippen LogP contribution >= 0.6 is 51.1 Å². The number of halogens is 2. The quantitative estimate of drug-likeness (QED) is 0.788. The van der Waals surface area contributed by atoms with Crippen LogP contribution in [0, 0.1) is 5.92 Å². The minimum Gasteiger partial charge on any atom is -0.393 e. The molecule has 1 aliphatic rings. The fourth-order valence-corrected chi connectivity index (χ4v) is 6.24. The van der Waals surface area contributed by atoms with Gasteiger partial charge in [-0.2, -0.15) is 4.31 Å². The molecule has 1 aromatic rings. The number of rotatable bonds is 3. The standard InChI is InChI=1S/C10H12BrClN2O2S3/c11-9-7(12)4-8(18-9)19(15,16)14-3-1-2-6(5-14)10(13)17/h4,6H,1-3,5H2,(H2,13,17). The molecule has 0 aliphatic carbocycles. The smallest absolute Gasteiger partial charge is 0.252 e. The van der Waals surface area contributed by atoms with Crippen LogP contribution in [0.5, 0.6) is 0 Å². The lowest BCUT2D eigenvalue weighted by Crippen LogP contribution is -2.43. The number of nitrogens with two attached hydrogens (primary N) is 1. The second-order valence-electron chi connectivity index (χ2n) is 4.29. The van der Waals surface area contributed by atoms with Crippen molar-refractivity contribution in [1.29, 1.82) is 0 Å². The van der Waals surface area contributed by atoms with E-state index in [4.69, 9.17) is 29.6 Å². The Kier molecular flexibility index (Phi) is 4.90. The van der Waals surface area contributed by atoms with Gasteiger partial charge in [-0.1, -0.05) is 23.8 Å². The molecule has 0 spiro atoms. The van der Waals surface area contributed by atoms with Gasteiger partial charge in [-0.25, -0.2) is 8.42 Å². The fraction of sp³-hybridized carbons (Fsp3) is 0.500. The molecule has 0 amide bonds. The fourth-order valence-electron chi connectivity index (χ4n) is 1.97. The van der Waals surface area contributed by atoms with Crippen LogP contribution in [0.15, 0.2) is 14.1 Å². The Hall–Kier alpha value is 0.270. The maximum absolute atomic E-state index is 12.5. The highest BCUT2D eigenvalue weighted by Crippen LogP contribution is 2.36. The number of piperidine rings is 1. The lowest BCUT2D eigenvalue weighted by Gasteiger charge is -2.30. The summed E-state index contributed by atoms with van der Waals surface area (Å²) < 4.78 is 27.3. The molecule has 9 heteroatoms. The van der Waals surface area contributed by atoms with E-state index in [0.29, 0.717) is 26.9 Å². The summed E-state index contributed by atoms with van der Waals surface area (Å²) in [6.45, 7) is 0.847. The predicted molar refractivity (Wildman–Crippen MR) is 85.3 cm³/mol. The molecule has 2 rings (SSSR count).